The molecule has 0 atom stereocenters. The normalized spacial score (nSPS) is 10.9. The Morgan fingerprint density at radius 3 is 2.27 bits per heavy atom. The third kappa shape index (κ3) is 13.4. The van der Waals surface area contributed by atoms with Crippen LogP contribution >= 0.6 is 0 Å². The summed E-state index contributed by atoms with van der Waals surface area (Å²) in [5, 5.41) is 10.9. The van der Waals surface area contributed by atoms with Crippen molar-refractivity contribution in [2.45, 2.75) is 84.0 Å². The highest BCUT2D eigenvalue weighted by Crippen LogP contribution is 2.10. The summed E-state index contributed by atoms with van der Waals surface area (Å²) in [6, 6.07) is 0. The van der Waals surface area contributed by atoms with Gasteiger partial charge in [0.2, 0.25) is 0 Å². The Morgan fingerprint density at radius 1 is 1.00 bits per heavy atom. The third-order valence-corrected chi connectivity index (χ3v) is 3.44. The first-order chi connectivity index (χ1) is 10.7. The number of nitrogens with zero attached hydrogens (tertiary/aromatic N) is 1. The molecule has 4 nitrogen and oxygen atoms in total. The smallest absolute Gasteiger partial charge is 0.254 e. The first kappa shape index (κ1) is 20.4. The van der Waals surface area contributed by atoms with Crippen LogP contribution in [-0.2, 0) is 4.79 Å². The van der Waals surface area contributed by atoms with Crippen LogP contribution in [0.25, 0.3) is 0 Å². The highest BCUT2D eigenvalue weighted by atomic mass is 16.6. The summed E-state index contributed by atoms with van der Waals surface area (Å²) in [5.41, 5.74) is 0.230. The van der Waals surface area contributed by atoms with E-state index in [2.05, 4.69) is 18.8 Å². The van der Waals surface area contributed by atoms with Gasteiger partial charge < -0.3 is 0 Å². The van der Waals surface area contributed by atoms with E-state index in [0.29, 0.717) is 12.8 Å². The summed E-state index contributed by atoms with van der Waals surface area (Å²) in [6.07, 6.45) is 14.5. The molecule has 0 aromatic carbocycles. The Bertz CT molecular complexity index is 391. The fraction of sp³-hybridized carbons (Fsp3) is 0.722. The lowest BCUT2D eigenvalue weighted by molar-refractivity contribution is -0.428. The molecule has 0 saturated heterocycles. The molecule has 0 aliphatic carbocycles. The van der Waals surface area contributed by atoms with Crippen LogP contribution in [0.3, 0.4) is 0 Å². The number of allylic oxidation sites excluding steroid dienone is 2. The van der Waals surface area contributed by atoms with Gasteiger partial charge in [0.25, 0.3) is 5.70 Å². The van der Waals surface area contributed by atoms with Crippen LogP contribution in [0.1, 0.15) is 84.0 Å². The zero-order valence-corrected chi connectivity index (χ0v) is 13.7. The van der Waals surface area contributed by atoms with Crippen LogP contribution in [0.5, 0.6) is 0 Å². The Kier molecular flexibility index (Phi) is 14.6. The molecule has 0 aromatic heterocycles. The molecular formula is C18H28NO3. The molecule has 0 amide bonds. The molecule has 123 valence electrons. The Morgan fingerprint density at radius 2 is 1.64 bits per heavy atom. The van der Waals surface area contributed by atoms with Crippen LogP contribution in [0.2, 0.25) is 0 Å². The predicted octanol–water partition coefficient (Wildman–Crippen LogP) is 4.96. The number of nitro groups is 1. The van der Waals surface area contributed by atoms with Gasteiger partial charge in [-0.15, -0.1) is 0 Å². The summed E-state index contributed by atoms with van der Waals surface area (Å²) in [6.45, 7) is 2.12. The van der Waals surface area contributed by atoms with Crippen LogP contribution in [0, 0.1) is 22.0 Å². The number of carbonyl (C=O) groups excluding carboxylic acids is 1. The van der Waals surface area contributed by atoms with Crippen molar-refractivity contribution in [2.75, 3.05) is 0 Å². The largest absolute Gasteiger partial charge is 0.291 e. The van der Waals surface area contributed by atoms with Gasteiger partial charge in [0.1, 0.15) is 0 Å². The molecule has 4 heteroatoms. The second kappa shape index (κ2) is 15.8. The van der Waals surface area contributed by atoms with E-state index in [0.717, 1.165) is 64.2 Å². The predicted molar refractivity (Wildman–Crippen MR) is 89.6 cm³/mol. The zero-order valence-electron chi connectivity index (χ0n) is 13.7. The van der Waals surface area contributed by atoms with Crippen molar-refractivity contribution in [1.29, 1.82) is 0 Å². The van der Waals surface area contributed by atoms with E-state index in [9.17, 15) is 14.9 Å². The summed E-state index contributed by atoms with van der Waals surface area (Å²) in [7, 11) is 0. The van der Waals surface area contributed by atoms with E-state index in [1.165, 1.54) is 6.08 Å². The fourth-order valence-electron chi connectivity index (χ4n) is 2.10. The van der Waals surface area contributed by atoms with Gasteiger partial charge in [-0.2, -0.15) is 0 Å². The van der Waals surface area contributed by atoms with Crippen LogP contribution in [0.4, 0.5) is 0 Å². The second-order valence-corrected chi connectivity index (χ2v) is 5.44. The molecule has 22 heavy (non-hydrogen) atoms. The molecule has 1 radical (unpaired) electrons. The van der Waals surface area contributed by atoms with Crippen molar-refractivity contribution in [2.24, 2.45) is 0 Å². The minimum Gasteiger partial charge on any atom is -0.291 e. The summed E-state index contributed by atoms with van der Waals surface area (Å²) < 4.78 is 0. The third-order valence-electron chi connectivity index (χ3n) is 3.44. The lowest BCUT2D eigenvalue weighted by atomic mass is 10.1. The van der Waals surface area contributed by atoms with Crippen molar-refractivity contribution >= 4 is 6.29 Å². The van der Waals surface area contributed by atoms with E-state index in [1.54, 1.807) is 0 Å². The van der Waals surface area contributed by atoms with Gasteiger partial charge in [0.05, 0.1) is 11.0 Å². The van der Waals surface area contributed by atoms with Crippen LogP contribution in [0.15, 0.2) is 11.8 Å². The van der Waals surface area contributed by atoms with Crippen molar-refractivity contribution in [3.63, 3.8) is 0 Å². The summed E-state index contributed by atoms with van der Waals surface area (Å²) >= 11 is 0. The second-order valence-electron chi connectivity index (χ2n) is 5.44. The van der Waals surface area contributed by atoms with Crippen LogP contribution in [-0.4, -0.2) is 11.2 Å². The average Bonchev–Trinajstić information content (AvgIpc) is 2.50. The maximum atomic E-state index is 10.9. The van der Waals surface area contributed by atoms with E-state index in [4.69, 9.17) is 0 Å². The maximum absolute atomic E-state index is 10.9. The zero-order chi connectivity index (χ0) is 16.5. The van der Waals surface area contributed by atoms with Gasteiger partial charge in [-0.3, -0.25) is 14.9 Å². The minimum absolute atomic E-state index is 0.230. The van der Waals surface area contributed by atoms with Gasteiger partial charge in [-0.1, -0.05) is 57.3 Å². The molecule has 0 heterocycles. The van der Waals surface area contributed by atoms with Gasteiger partial charge in [0, 0.05) is 19.3 Å². The van der Waals surface area contributed by atoms with E-state index >= 15 is 0 Å². The molecule has 0 aliphatic rings. The van der Waals surface area contributed by atoms with E-state index < -0.39 is 0 Å². The molecular weight excluding hydrogens is 278 g/mol. The van der Waals surface area contributed by atoms with Gasteiger partial charge >= 0.3 is 0 Å². The highest BCUT2D eigenvalue weighted by molar-refractivity contribution is 5.50. The summed E-state index contributed by atoms with van der Waals surface area (Å²) in [5.74, 6) is 5.80. The SMILES string of the molecule is CCCCCC/C(=C/C#CCCCCCCC[C]=O)[N+](=O)[O-]. The first-order valence-electron chi connectivity index (χ1n) is 8.39. The molecule has 0 rings (SSSR count). The monoisotopic (exact) mass is 306 g/mol. The average molecular weight is 306 g/mol. The topological polar surface area (TPSA) is 60.2 Å². The lowest BCUT2D eigenvalue weighted by Crippen LogP contribution is -1.98. The molecule has 0 spiro atoms. The first-order valence-corrected chi connectivity index (χ1v) is 8.39. The molecule has 0 fully saturated rings. The molecule has 0 N–H and O–H groups in total. The Balaban J connectivity index is 3.83. The Hall–Kier alpha value is -1.63. The molecule has 0 saturated carbocycles. The van der Waals surface area contributed by atoms with Crippen molar-refractivity contribution in [3.05, 3.63) is 21.9 Å². The maximum Gasteiger partial charge on any atom is 0.254 e. The van der Waals surface area contributed by atoms with Crippen molar-refractivity contribution in [3.8, 4) is 11.8 Å². The van der Waals surface area contributed by atoms with E-state index in [-0.39, 0.29) is 10.6 Å². The van der Waals surface area contributed by atoms with Gasteiger partial charge in [-0.25, -0.2) is 0 Å². The molecule has 0 aliphatic heterocycles. The van der Waals surface area contributed by atoms with Crippen molar-refractivity contribution < 1.29 is 9.72 Å². The molecule has 0 aromatic rings. The minimum atomic E-state index is -0.315. The highest BCUT2D eigenvalue weighted by Gasteiger charge is 2.08. The number of hydrogen-bond donors (Lipinski definition) is 0. The standard InChI is InChI=1S/C18H28NO3/c1-2-3-4-12-15-18(19(21)22)16-13-10-8-6-5-7-9-11-14-17-20/h16H,2-9,11-12,14-15H2,1H3/b18-16-. The van der Waals surface area contributed by atoms with Crippen LogP contribution < -0.4 is 0 Å². The lowest BCUT2D eigenvalue weighted by Gasteiger charge is -1.97. The quantitative estimate of drug-likeness (QED) is 0.209. The number of unbranched alkanes of at least 4 members (excludes halogenated alkanes) is 9. The van der Waals surface area contributed by atoms with Gasteiger partial charge in [-0.05, 0) is 19.3 Å². The van der Waals surface area contributed by atoms with Gasteiger partial charge in [0.15, 0.2) is 6.29 Å². The van der Waals surface area contributed by atoms with Crippen molar-refractivity contribution in [1.82, 2.24) is 0 Å². The Labute approximate surface area is 134 Å². The molecule has 0 bridgehead atoms. The summed E-state index contributed by atoms with van der Waals surface area (Å²) in [4.78, 5) is 20.6. The number of hydrogen-bond acceptors (Lipinski definition) is 3. The molecule has 0 unspecified atom stereocenters. The van der Waals surface area contributed by atoms with E-state index in [1.807, 2.05) is 6.29 Å². The fourth-order valence-corrected chi connectivity index (χ4v) is 2.10. The number of rotatable bonds is 13.